The summed E-state index contributed by atoms with van der Waals surface area (Å²) >= 11 is 0. The van der Waals surface area contributed by atoms with E-state index < -0.39 is 0 Å². The molecule has 106 valence electrons. The first-order chi connectivity index (χ1) is 9.63. The Balaban J connectivity index is 1.64. The van der Waals surface area contributed by atoms with Crippen LogP contribution >= 0.6 is 0 Å². The second kappa shape index (κ2) is 6.89. The van der Waals surface area contributed by atoms with Gasteiger partial charge in [0.05, 0.1) is 6.61 Å². The van der Waals surface area contributed by atoms with E-state index in [4.69, 9.17) is 9.84 Å². The Morgan fingerprint density at radius 2 is 1.90 bits per heavy atom. The van der Waals surface area contributed by atoms with Crippen molar-refractivity contribution in [1.29, 1.82) is 0 Å². The third-order valence-electron chi connectivity index (χ3n) is 3.30. The van der Waals surface area contributed by atoms with Gasteiger partial charge in [-0.15, -0.1) is 0 Å². The zero-order valence-corrected chi connectivity index (χ0v) is 11.3. The Labute approximate surface area is 118 Å². The molecule has 0 atom stereocenters. The molecule has 1 aromatic carbocycles. The topological polar surface area (TPSA) is 63.6 Å². The third kappa shape index (κ3) is 4.53. The smallest absolute Gasteiger partial charge is 0.306 e. The van der Waals surface area contributed by atoms with Gasteiger partial charge in [0.15, 0.2) is 5.78 Å². The van der Waals surface area contributed by atoms with Gasteiger partial charge in [0.25, 0.3) is 0 Å². The van der Waals surface area contributed by atoms with Gasteiger partial charge in [-0.1, -0.05) is 17.7 Å². The van der Waals surface area contributed by atoms with Gasteiger partial charge in [-0.25, -0.2) is 0 Å². The molecular weight excluding hydrogens is 256 g/mol. The molecule has 0 bridgehead atoms. The summed E-state index contributed by atoms with van der Waals surface area (Å²) in [6.45, 7) is 0.335. The summed E-state index contributed by atoms with van der Waals surface area (Å²) in [5.41, 5.74) is 2.06. The van der Waals surface area contributed by atoms with Gasteiger partial charge in [0.2, 0.25) is 0 Å². The van der Waals surface area contributed by atoms with Crippen molar-refractivity contribution in [2.45, 2.75) is 32.1 Å². The maximum Gasteiger partial charge on any atom is 0.306 e. The van der Waals surface area contributed by atoms with E-state index in [0.29, 0.717) is 32.3 Å². The molecule has 1 aromatic rings. The highest BCUT2D eigenvalue weighted by atomic mass is 16.5. The number of esters is 1. The number of hydrogen-bond acceptors (Lipinski definition) is 4. The van der Waals surface area contributed by atoms with Gasteiger partial charge < -0.3 is 9.84 Å². The predicted molar refractivity (Wildman–Crippen MR) is 74.3 cm³/mol. The highest BCUT2D eigenvalue weighted by Gasteiger charge is 2.13. The highest BCUT2D eigenvalue weighted by Crippen LogP contribution is 2.19. The van der Waals surface area contributed by atoms with E-state index in [1.54, 1.807) is 30.3 Å². The summed E-state index contributed by atoms with van der Waals surface area (Å²) in [5, 5.41) is 9.15. The Bertz CT molecular complexity index is 514. The first-order valence-electron chi connectivity index (χ1n) is 6.79. The minimum absolute atomic E-state index is 0.153. The third-order valence-corrected chi connectivity index (χ3v) is 3.30. The minimum atomic E-state index is -0.232. The zero-order chi connectivity index (χ0) is 14.4. The molecule has 4 nitrogen and oxygen atoms in total. The van der Waals surface area contributed by atoms with Gasteiger partial charge in [0, 0.05) is 19.3 Å². The van der Waals surface area contributed by atoms with Crippen LogP contribution in [-0.2, 0) is 20.7 Å². The molecule has 0 heterocycles. The Hall–Kier alpha value is -2.10. The molecule has 0 radical (unpaired) electrons. The normalized spacial score (nSPS) is 14.2. The molecule has 0 aliphatic heterocycles. The molecule has 1 aliphatic rings. The van der Waals surface area contributed by atoms with Crippen LogP contribution in [0, 0.1) is 0 Å². The largest absolute Gasteiger partial charge is 0.508 e. The van der Waals surface area contributed by atoms with E-state index in [-0.39, 0.29) is 17.5 Å². The van der Waals surface area contributed by atoms with Crippen molar-refractivity contribution in [2.24, 2.45) is 0 Å². The van der Waals surface area contributed by atoms with Crippen molar-refractivity contribution in [1.82, 2.24) is 0 Å². The number of benzene rings is 1. The first-order valence-corrected chi connectivity index (χ1v) is 6.79. The van der Waals surface area contributed by atoms with Crippen molar-refractivity contribution >= 4 is 11.8 Å². The van der Waals surface area contributed by atoms with Crippen LogP contribution in [0.1, 0.15) is 31.2 Å². The fourth-order valence-corrected chi connectivity index (χ4v) is 2.13. The van der Waals surface area contributed by atoms with E-state index in [1.807, 2.05) is 0 Å². The fraction of sp³-hybridized carbons (Fsp3) is 0.375. The molecule has 0 amide bonds. The summed E-state index contributed by atoms with van der Waals surface area (Å²) in [7, 11) is 0. The number of allylic oxidation sites excluding steroid dienone is 2. The Morgan fingerprint density at radius 3 is 2.55 bits per heavy atom. The molecule has 0 fully saturated rings. The molecule has 0 unspecified atom stereocenters. The standard InChI is InChI=1S/C16H18O4/c17-14-5-1-12(2-6-14)9-10-20-16(19)8-4-13-3-7-15(18)11-13/h1-2,5-6,11,17H,3-4,7-10H2. The lowest BCUT2D eigenvalue weighted by Gasteiger charge is -2.05. The lowest BCUT2D eigenvalue weighted by atomic mass is 10.1. The van der Waals surface area contributed by atoms with E-state index in [1.165, 1.54) is 0 Å². The van der Waals surface area contributed by atoms with E-state index in [2.05, 4.69) is 0 Å². The summed E-state index contributed by atoms with van der Waals surface area (Å²) in [6, 6.07) is 6.83. The first kappa shape index (κ1) is 14.3. The minimum Gasteiger partial charge on any atom is -0.508 e. The van der Waals surface area contributed by atoms with Crippen molar-refractivity contribution in [3.8, 4) is 5.75 Å². The number of phenolic OH excluding ortho intramolecular Hbond substituents is 1. The second-order valence-electron chi connectivity index (χ2n) is 4.91. The van der Waals surface area contributed by atoms with Crippen LogP contribution in [-0.4, -0.2) is 23.5 Å². The summed E-state index contributed by atoms with van der Waals surface area (Å²) in [5.74, 6) is 0.148. The fourth-order valence-electron chi connectivity index (χ4n) is 2.13. The van der Waals surface area contributed by atoms with Crippen LogP contribution in [0.4, 0.5) is 0 Å². The summed E-state index contributed by atoms with van der Waals surface area (Å²) in [4.78, 5) is 22.6. The number of hydrogen-bond donors (Lipinski definition) is 1. The molecule has 4 heteroatoms. The molecule has 20 heavy (non-hydrogen) atoms. The maximum atomic E-state index is 11.6. The van der Waals surface area contributed by atoms with Gasteiger partial charge in [-0.05, 0) is 36.6 Å². The van der Waals surface area contributed by atoms with Crippen molar-refractivity contribution in [3.63, 3.8) is 0 Å². The number of ketones is 1. The van der Waals surface area contributed by atoms with Gasteiger partial charge in [0.1, 0.15) is 5.75 Å². The van der Waals surface area contributed by atoms with Gasteiger partial charge >= 0.3 is 5.97 Å². The molecular formula is C16H18O4. The average molecular weight is 274 g/mol. The summed E-state index contributed by atoms with van der Waals surface area (Å²) < 4.78 is 5.15. The van der Waals surface area contributed by atoms with Crippen LogP contribution in [0.25, 0.3) is 0 Å². The molecule has 0 saturated heterocycles. The van der Waals surface area contributed by atoms with Crippen molar-refractivity contribution < 1.29 is 19.4 Å². The molecule has 0 aromatic heterocycles. The number of carbonyl (C=O) groups excluding carboxylic acids is 2. The maximum absolute atomic E-state index is 11.6. The number of carbonyl (C=O) groups is 2. The number of rotatable bonds is 6. The Kier molecular flexibility index (Phi) is 4.93. The second-order valence-corrected chi connectivity index (χ2v) is 4.91. The average Bonchev–Trinajstić information content (AvgIpc) is 2.85. The van der Waals surface area contributed by atoms with Crippen LogP contribution in [0.15, 0.2) is 35.9 Å². The zero-order valence-electron chi connectivity index (χ0n) is 11.3. The lowest BCUT2D eigenvalue weighted by molar-refractivity contribution is -0.143. The molecule has 2 rings (SSSR count). The SMILES string of the molecule is O=C1C=C(CCC(=O)OCCc2ccc(O)cc2)CC1. The molecule has 0 saturated carbocycles. The Morgan fingerprint density at radius 1 is 1.15 bits per heavy atom. The van der Waals surface area contributed by atoms with Gasteiger partial charge in [-0.3, -0.25) is 9.59 Å². The number of phenols is 1. The molecule has 1 N–H and O–H groups in total. The van der Waals surface area contributed by atoms with E-state index >= 15 is 0 Å². The number of aromatic hydroxyl groups is 1. The summed E-state index contributed by atoms with van der Waals surface area (Å²) in [6.07, 6.45) is 4.57. The lowest BCUT2D eigenvalue weighted by Crippen LogP contribution is -2.07. The van der Waals surface area contributed by atoms with Crippen molar-refractivity contribution in [3.05, 3.63) is 41.5 Å². The monoisotopic (exact) mass is 274 g/mol. The van der Waals surface area contributed by atoms with Crippen LogP contribution in [0.2, 0.25) is 0 Å². The molecule has 0 spiro atoms. The van der Waals surface area contributed by atoms with Crippen molar-refractivity contribution in [2.75, 3.05) is 6.61 Å². The van der Waals surface area contributed by atoms with Crippen LogP contribution < -0.4 is 0 Å². The highest BCUT2D eigenvalue weighted by molar-refractivity contribution is 5.93. The van der Waals surface area contributed by atoms with E-state index in [0.717, 1.165) is 17.6 Å². The predicted octanol–water partition coefficient (Wildman–Crippen LogP) is 2.55. The molecule has 1 aliphatic carbocycles. The number of ether oxygens (including phenoxy) is 1. The quantitative estimate of drug-likeness (QED) is 0.810. The van der Waals surface area contributed by atoms with E-state index in [9.17, 15) is 9.59 Å². The van der Waals surface area contributed by atoms with Gasteiger partial charge in [-0.2, -0.15) is 0 Å². The van der Waals surface area contributed by atoms with Crippen LogP contribution in [0.3, 0.4) is 0 Å². The van der Waals surface area contributed by atoms with Crippen LogP contribution in [0.5, 0.6) is 5.75 Å².